The van der Waals surface area contributed by atoms with Crippen molar-refractivity contribution in [3.63, 3.8) is 0 Å². The second kappa shape index (κ2) is 8.54. The van der Waals surface area contributed by atoms with E-state index in [1.165, 1.54) is 0 Å². The maximum Gasteiger partial charge on any atom is 0.241 e. The monoisotopic (exact) mass is 390 g/mol. The molecule has 6 nitrogen and oxygen atoms in total. The zero-order chi connectivity index (χ0) is 20.1. The van der Waals surface area contributed by atoms with Crippen LogP contribution in [0.3, 0.4) is 0 Å². The molecule has 0 saturated heterocycles. The molecule has 27 heavy (non-hydrogen) atoms. The summed E-state index contributed by atoms with van der Waals surface area (Å²) in [7, 11) is -2.15. The van der Waals surface area contributed by atoms with Crippen molar-refractivity contribution in [2.24, 2.45) is 0 Å². The number of hydrogen-bond acceptors (Lipinski definition) is 4. The van der Waals surface area contributed by atoms with Gasteiger partial charge in [-0.05, 0) is 40.8 Å². The summed E-state index contributed by atoms with van der Waals surface area (Å²) in [6.45, 7) is 6.16. The molecule has 2 aromatic carbocycles. The Labute approximate surface area is 161 Å². The highest BCUT2D eigenvalue weighted by atomic mass is 32.2. The van der Waals surface area contributed by atoms with Crippen LogP contribution in [0.4, 0.5) is 0 Å². The Morgan fingerprint density at radius 3 is 2.11 bits per heavy atom. The van der Waals surface area contributed by atoms with E-state index in [4.69, 9.17) is 4.74 Å². The molecule has 0 saturated carbocycles. The summed E-state index contributed by atoms with van der Waals surface area (Å²) in [6, 6.07) is 13.9. The lowest BCUT2D eigenvalue weighted by atomic mass is 9.87. The van der Waals surface area contributed by atoms with Crippen LogP contribution in [0.1, 0.15) is 31.9 Å². The highest BCUT2D eigenvalue weighted by molar-refractivity contribution is 7.89. The van der Waals surface area contributed by atoms with Gasteiger partial charge < -0.3 is 10.1 Å². The third-order valence-electron chi connectivity index (χ3n) is 4.10. The summed E-state index contributed by atoms with van der Waals surface area (Å²) >= 11 is 0. The Balaban J connectivity index is 1.89. The molecule has 0 aliphatic carbocycles. The predicted molar refractivity (Wildman–Crippen MR) is 105 cm³/mol. The lowest BCUT2D eigenvalue weighted by Gasteiger charge is -2.19. The van der Waals surface area contributed by atoms with Crippen LogP contribution >= 0.6 is 0 Å². The molecule has 0 atom stereocenters. The van der Waals surface area contributed by atoms with Gasteiger partial charge in [0.1, 0.15) is 5.75 Å². The fourth-order valence-corrected chi connectivity index (χ4v) is 3.37. The molecule has 2 N–H and O–H groups in total. The minimum absolute atomic E-state index is 0.0585. The fourth-order valence-electron chi connectivity index (χ4n) is 2.38. The molecule has 7 heteroatoms. The van der Waals surface area contributed by atoms with E-state index >= 15 is 0 Å². The number of methoxy groups -OCH3 is 1. The Morgan fingerprint density at radius 2 is 1.59 bits per heavy atom. The molecular weight excluding hydrogens is 364 g/mol. The third kappa shape index (κ3) is 6.08. The smallest absolute Gasteiger partial charge is 0.241 e. The number of sulfonamides is 1. The SMILES string of the molecule is COc1ccc(CNC(=O)CNS(=O)(=O)c2ccc(C(C)(C)C)cc2)cc1. The van der Waals surface area contributed by atoms with Crippen LogP contribution in [-0.4, -0.2) is 28.0 Å². The molecular formula is C20H26N2O4S. The Hall–Kier alpha value is -2.38. The lowest BCUT2D eigenvalue weighted by molar-refractivity contribution is -0.120. The van der Waals surface area contributed by atoms with Gasteiger partial charge in [-0.25, -0.2) is 13.1 Å². The minimum Gasteiger partial charge on any atom is -0.497 e. The van der Waals surface area contributed by atoms with E-state index in [-0.39, 0.29) is 16.9 Å². The van der Waals surface area contributed by atoms with Crippen molar-refractivity contribution in [3.8, 4) is 5.75 Å². The van der Waals surface area contributed by atoms with Crippen molar-refractivity contribution in [1.29, 1.82) is 0 Å². The zero-order valence-corrected chi connectivity index (χ0v) is 16.9. The van der Waals surface area contributed by atoms with Gasteiger partial charge in [0.25, 0.3) is 0 Å². The van der Waals surface area contributed by atoms with E-state index in [2.05, 4.69) is 30.8 Å². The third-order valence-corrected chi connectivity index (χ3v) is 5.52. The van der Waals surface area contributed by atoms with Crippen molar-refractivity contribution in [1.82, 2.24) is 10.0 Å². The number of hydrogen-bond donors (Lipinski definition) is 2. The number of carbonyl (C=O) groups excluding carboxylic acids is 1. The molecule has 0 bridgehead atoms. The molecule has 0 fully saturated rings. The van der Waals surface area contributed by atoms with E-state index in [1.807, 2.05) is 12.1 Å². The molecule has 0 unspecified atom stereocenters. The van der Waals surface area contributed by atoms with Gasteiger partial charge in [0.15, 0.2) is 0 Å². The van der Waals surface area contributed by atoms with Crippen LogP contribution in [0.2, 0.25) is 0 Å². The summed E-state index contributed by atoms with van der Waals surface area (Å²) in [5.74, 6) is 0.330. The topological polar surface area (TPSA) is 84.5 Å². The summed E-state index contributed by atoms with van der Waals surface area (Å²) in [6.07, 6.45) is 0. The first-order valence-corrected chi connectivity index (χ1v) is 10.1. The number of benzene rings is 2. The number of carbonyl (C=O) groups is 1. The number of nitrogens with one attached hydrogen (secondary N) is 2. The van der Waals surface area contributed by atoms with E-state index < -0.39 is 15.9 Å². The maximum atomic E-state index is 12.3. The minimum atomic E-state index is -3.74. The van der Waals surface area contributed by atoms with Crippen molar-refractivity contribution >= 4 is 15.9 Å². The van der Waals surface area contributed by atoms with Crippen molar-refractivity contribution in [2.45, 2.75) is 37.6 Å². The average molecular weight is 391 g/mol. The predicted octanol–water partition coefficient (Wildman–Crippen LogP) is 2.59. The van der Waals surface area contributed by atoms with Gasteiger partial charge in [0, 0.05) is 6.54 Å². The van der Waals surface area contributed by atoms with Crippen LogP contribution < -0.4 is 14.8 Å². The van der Waals surface area contributed by atoms with Gasteiger partial charge in [-0.15, -0.1) is 0 Å². The molecule has 2 aromatic rings. The van der Waals surface area contributed by atoms with Gasteiger partial charge in [-0.2, -0.15) is 0 Å². The summed E-state index contributed by atoms with van der Waals surface area (Å²) in [5, 5.41) is 2.68. The molecule has 0 aliphatic heterocycles. The molecule has 0 aromatic heterocycles. The summed E-state index contributed by atoms with van der Waals surface area (Å²) in [5.41, 5.74) is 1.88. The molecule has 0 aliphatic rings. The van der Waals surface area contributed by atoms with Crippen LogP contribution in [0.15, 0.2) is 53.4 Å². The molecule has 0 spiro atoms. The molecule has 1 amide bonds. The number of amides is 1. The number of ether oxygens (including phenoxy) is 1. The van der Waals surface area contributed by atoms with Crippen molar-refractivity contribution in [2.75, 3.05) is 13.7 Å². The molecule has 2 rings (SSSR count). The van der Waals surface area contributed by atoms with Crippen molar-refractivity contribution < 1.29 is 17.9 Å². The first kappa shape index (κ1) is 20.9. The Kier molecular flexibility index (Phi) is 6.62. The van der Waals surface area contributed by atoms with Gasteiger partial charge in [0.2, 0.25) is 15.9 Å². The summed E-state index contributed by atoms with van der Waals surface area (Å²) in [4.78, 5) is 12.1. The average Bonchev–Trinajstić information content (AvgIpc) is 2.64. The van der Waals surface area contributed by atoms with Crippen molar-refractivity contribution in [3.05, 3.63) is 59.7 Å². The first-order valence-electron chi connectivity index (χ1n) is 8.62. The zero-order valence-electron chi connectivity index (χ0n) is 16.1. The highest BCUT2D eigenvalue weighted by Gasteiger charge is 2.18. The Bertz CT molecular complexity index is 868. The largest absolute Gasteiger partial charge is 0.497 e. The standard InChI is InChI=1S/C20H26N2O4S/c1-20(2,3)16-7-11-18(12-8-16)27(24,25)22-14-19(23)21-13-15-5-9-17(26-4)10-6-15/h5-12,22H,13-14H2,1-4H3,(H,21,23). The second-order valence-electron chi connectivity index (χ2n) is 7.22. The van der Waals surface area contributed by atoms with Crippen LogP contribution in [0.5, 0.6) is 5.75 Å². The van der Waals surface area contributed by atoms with E-state index in [0.717, 1.165) is 16.9 Å². The normalized spacial score (nSPS) is 11.9. The van der Waals surface area contributed by atoms with E-state index in [9.17, 15) is 13.2 Å². The highest BCUT2D eigenvalue weighted by Crippen LogP contribution is 2.23. The first-order chi connectivity index (χ1) is 12.6. The number of rotatable bonds is 7. The van der Waals surface area contributed by atoms with Crippen LogP contribution in [0, 0.1) is 0 Å². The van der Waals surface area contributed by atoms with Crippen LogP contribution in [-0.2, 0) is 26.8 Å². The molecule has 0 radical (unpaired) electrons. The molecule has 0 heterocycles. The Morgan fingerprint density at radius 1 is 1.00 bits per heavy atom. The van der Waals surface area contributed by atoms with Gasteiger partial charge in [-0.3, -0.25) is 4.79 Å². The van der Waals surface area contributed by atoms with Crippen LogP contribution in [0.25, 0.3) is 0 Å². The fraction of sp³-hybridized carbons (Fsp3) is 0.350. The second-order valence-corrected chi connectivity index (χ2v) is 8.99. The van der Waals surface area contributed by atoms with E-state index in [0.29, 0.717) is 6.54 Å². The quantitative estimate of drug-likeness (QED) is 0.761. The summed E-state index contributed by atoms with van der Waals surface area (Å²) < 4.78 is 32.1. The maximum absolute atomic E-state index is 12.3. The van der Waals surface area contributed by atoms with E-state index in [1.54, 1.807) is 43.5 Å². The van der Waals surface area contributed by atoms with Gasteiger partial charge >= 0.3 is 0 Å². The van der Waals surface area contributed by atoms with Gasteiger partial charge in [0.05, 0.1) is 18.6 Å². The van der Waals surface area contributed by atoms with Gasteiger partial charge in [-0.1, -0.05) is 45.0 Å². The molecule has 146 valence electrons. The lowest BCUT2D eigenvalue weighted by Crippen LogP contribution is -2.36.